The van der Waals surface area contributed by atoms with Crippen molar-refractivity contribution < 1.29 is 22.0 Å². The Hall–Kier alpha value is -2.39. The molecule has 0 aliphatic carbocycles. The summed E-state index contributed by atoms with van der Waals surface area (Å²) in [4.78, 5) is 16.3. The quantitative estimate of drug-likeness (QED) is 0.770. The first-order chi connectivity index (χ1) is 11.2. The second-order valence-corrected chi connectivity index (χ2v) is 8.05. The number of fused-ring (bicyclic) bond motifs is 1. The van der Waals surface area contributed by atoms with Gasteiger partial charge < -0.3 is 0 Å². The summed E-state index contributed by atoms with van der Waals surface area (Å²) in [6, 6.07) is 7.37. The van der Waals surface area contributed by atoms with E-state index in [-0.39, 0.29) is 21.1 Å². The first-order valence-corrected chi connectivity index (χ1v) is 9.32. The van der Waals surface area contributed by atoms with Gasteiger partial charge in [-0.15, -0.1) is 0 Å². The van der Waals surface area contributed by atoms with Crippen LogP contribution in [0.4, 0.5) is 13.9 Å². The first kappa shape index (κ1) is 16.5. The molecular formula is C15H10F2N2O3S2. The highest BCUT2D eigenvalue weighted by Crippen LogP contribution is 2.28. The molecule has 24 heavy (non-hydrogen) atoms. The average molecular weight is 368 g/mol. The fraction of sp³-hybridized carbons (Fsp3) is 0.0667. The monoisotopic (exact) mass is 368 g/mol. The lowest BCUT2D eigenvalue weighted by molar-refractivity contribution is 0.102. The van der Waals surface area contributed by atoms with Crippen LogP contribution in [0.25, 0.3) is 10.2 Å². The van der Waals surface area contributed by atoms with Crippen molar-refractivity contribution in [2.24, 2.45) is 0 Å². The number of carbonyl (C=O) groups is 1. The topological polar surface area (TPSA) is 76.1 Å². The summed E-state index contributed by atoms with van der Waals surface area (Å²) in [5, 5.41) is 2.71. The number of hydrogen-bond acceptors (Lipinski definition) is 5. The van der Waals surface area contributed by atoms with Crippen LogP contribution in [0.3, 0.4) is 0 Å². The third-order valence-electron chi connectivity index (χ3n) is 3.20. The van der Waals surface area contributed by atoms with Gasteiger partial charge in [0.15, 0.2) is 26.6 Å². The van der Waals surface area contributed by atoms with Crippen LogP contribution in [0.5, 0.6) is 0 Å². The van der Waals surface area contributed by atoms with E-state index in [1.165, 1.54) is 24.3 Å². The largest absolute Gasteiger partial charge is 0.298 e. The van der Waals surface area contributed by atoms with Crippen LogP contribution in [0.1, 0.15) is 10.4 Å². The Morgan fingerprint density at radius 3 is 2.38 bits per heavy atom. The number of amides is 1. The van der Waals surface area contributed by atoms with Gasteiger partial charge in [-0.3, -0.25) is 10.1 Å². The number of thiazole rings is 1. The smallest absolute Gasteiger partial charge is 0.257 e. The summed E-state index contributed by atoms with van der Waals surface area (Å²) in [6.07, 6.45) is 1.07. The summed E-state index contributed by atoms with van der Waals surface area (Å²) in [5.74, 6) is -2.50. The molecule has 1 amide bonds. The van der Waals surface area contributed by atoms with Gasteiger partial charge >= 0.3 is 0 Å². The van der Waals surface area contributed by atoms with Gasteiger partial charge in [0.2, 0.25) is 0 Å². The number of benzene rings is 2. The van der Waals surface area contributed by atoms with E-state index in [4.69, 9.17) is 0 Å². The molecule has 1 aromatic heterocycles. The summed E-state index contributed by atoms with van der Waals surface area (Å²) < 4.78 is 49.5. The van der Waals surface area contributed by atoms with E-state index in [0.29, 0.717) is 4.70 Å². The van der Waals surface area contributed by atoms with Gasteiger partial charge in [-0.1, -0.05) is 11.3 Å². The molecule has 0 unspecified atom stereocenters. The van der Waals surface area contributed by atoms with Gasteiger partial charge in [0.1, 0.15) is 0 Å². The molecule has 0 saturated carbocycles. The highest BCUT2D eigenvalue weighted by Gasteiger charge is 2.13. The van der Waals surface area contributed by atoms with E-state index >= 15 is 0 Å². The Bertz CT molecular complexity index is 1010. The number of sulfone groups is 1. The molecule has 9 heteroatoms. The van der Waals surface area contributed by atoms with Crippen LogP contribution >= 0.6 is 11.3 Å². The lowest BCUT2D eigenvalue weighted by Gasteiger charge is -2.03. The maximum Gasteiger partial charge on any atom is 0.257 e. The maximum atomic E-state index is 13.2. The second kappa shape index (κ2) is 5.91. The number of carbonyl (C=O) groups excluding carboxylic acids is 1. The molecule has 0 aliphatic rings. The molecule has 3 rings (SSSR count). The van der Waals surface area contributed by atoms with Gasteiger partial charge in [-0.05, 0) is 30.3 Å². The molecule has 3 aromatic rings. The zero-order chi connectivity index (χ0) is 17.5. The summed E-state index contributed by atoms with van der Waals surface area (Å²) in [6.45, 7) is 0. The van der Waals surface area contributed by atoms with E-state index in [9.17, 15) is 22.0 Å². The number of aromatic nitrogens is 1. The van der Waals surface area contributed by atoms with Crippen molar-refractivity contribution in [1.29, 1.82) is 0 Å². The molecule has 5 nitrogen and oxygen atoms in total. The van der Waals surface area contributed by atoms with Crippen molar-refractivity contribution in [2.75, 3.05) is 11.6 Å². The van der Waals surface area contributed by atoms with Crippen molar-refractivity contribution >= 4 is 42.4 Å². The van der Waals surface area contributed by atoms with Crippen LogP contribution in [-0.4, -0.2) is 25.6 Å². The lowest BCUT2D eigenvalue weighted by Crippen LogP contribution is -2.11. The highest BCUT2D eigenvalue weighted by molar-refractivity contribution is 7.90. The molecule has 0 radical (unpaired) electrons. The summed E-state index contributed by atoms with van der Waals surface area (Å²) in [7, 11) is -3.34. The predicted molar refractivity (Wildman–Crippen MR) is 87.0 cm³/mol. The molecule has 0 fully saturated rings. The number of hydrogen-bond donors (Lipinski definition) is 1. The van der Waals surface area contributed by atoms with Crippen molar-refractivity contribution in [2.45, 2.75) is 4.90 Å². The SMILES string of the molecule is CS(=O)(=O)c1ccc(C(=O)Nc2nc3cc(F)c(F)cc3s2)cc1. The van der Waals surface area contributed by atoms with E-state index < -0.39 is 27.4 Å². The van der Waals surface area contributed by atoms with Crippen LogP contribution in [0, 0.1) is 11.6 Å². The maximum absolute atomic E-state index is 13.2. The minimum Gasteiger partial charge on any atom is -0.298 e. The number of nitrogens with one attached hydrogen (secondary N) is 1. The number of halogens is 2. The van der Waals surface area contributed by atoms with Crippen LogP contribution < -0.4 is 5.32 Å². The van der Waals surface area contributed by atoms with E-state index in [1.54, 1.807) is 0 Å². The van der Waals surface area contributed by atoms with Crippen LogP contribution in [-0.2, 0) is 9.84 Å². The number of nitrogens with zero attached hydrogens (tertiary/aromatic N) is 1. The second-order valence-electron chi connectivity index (χ2n) is 5.00. The normalized spacial score (nSPS) is 11.6. The van der Waals surface area contributed by atoms with Gasteiger partial charge in [0, 0.05) is 17.9 Å². The molecule has 1 heterocycles. The van der Waals surface area contributed by atoms with Crippen molar-refractivity contribution in [3.63, 3.8) is 0 Å². The summed E-state index contributed by atoms with van der Waals surface area (Å²) >= 11 is 1.00. The number of rotatable bonds is 3. The van der Waals surface area contributed by atoms with E-state index in [0.717, 1.165) is 29.7 Å². The minimum atomic E-state index is -3.34. The molecule has 0 saturated heterocycles. The molecule has 124 valence electrons. The van der Waals surface area contributed by atoms with Gasteiger partial charge in [-0.25, -0.2) is 22.2 Å². The fourth-order valence-electron chi connectivity index (χ4n) is 2.00. The molecular weight excluding hydrogens is 358 g/mol. The van der Waals surface area contributed by atoms with Gasteiger partial charge in [0.25, 0.3) is 5.91 Å². The molecule has 2 aromatic carbocycles. The van der Waals surface area contributed by atoms with Crippen LogP contribution in [0.2, 0.25) is 0 Å². The molecule has 0 bridgehead atoms. The Morgan fingerprint density at radius 1 is 1.12 bits per heavy atom. The van der Waals surface area contributed by atoms with Crippen molar-refractivity contribution in [1.82, 2.24) is 4.98 Å². The third kappa shape index (κ3) is 3.26. The van der Waals surface area contributed by atoms with Gasteiger partial charge in [0.05, 0.1) is 15.1 Å². The third-order valence-corrected chi connectivity index (χ3v) is 5.26. The highest BCUT2D eigenvalue weighted by atomic mass is 32.2. The molecule has 0 atom stereocenters. The Kier molecular flexibility index (Phi) is 4.06. The van der Waals surface area contributed by atoms with Gasteiger partial charge in [-0.2, -0.15) is 0 Å². The Morgan fingerprint density at radius 2 is 1.75 bits per heavy atom. The fourth-order valence-corrected chi connectivity index (χ4v) is 3.50. The van der Waals surface area contributed by atoms with E-state index in [1.807, 2.05) is 0 Å². The van der Waals surface area contributed by atoms with E-state index in [2.05, 4.69) is 10.3 Å². The van der Waals surface area contributed by atoms with Crippen molar-refractivity contribution in [3.8, 4) is 0 Å². The first-order valence-electron chi connectivity index (χ1n) is 6.61. The average Bonchev–Trinajstić information content (AvgIpc) is 2.88. The molecule has 1 N–H and O–H groups in total. The Balaban J connectivity index is 1.84. The Labute approximate surface area is 139 Å². The van der Waals surface area contributed by atoms with Crippen molar-refractivity contribution in [3.05, 3.63) is 53.6 Å². The zero-order valence-electron chi connectivity index (χ0n) is 12.2. The lowest BCUT2D eigenvalue weighted by atomic mass is 10.2. The number of anilines is 1. The standard InChI is InChI=1S/C15H10F2N2O3S2/c1-24(21,22)9-4-2-8(3-5-9)14(20)19-15-18-12-6-10(16)11(17)7-13(12)23-15/h2-7H,1H3,(H,18,19,20). The molecule has 0 spiro atoms. The minimum absolute atomic E-state index is 0.102. The molecule has 0 aliphatic heterocycles. The van der Waals surface area contributed by atoms with Crippen LogP contribution in [0.15, 0.2) is 41.3 Å². The predicted octanol–water partition coefficient (Wildman–Crippen LogP) is 3.23. The summed E-state index contributed by atoms with van der Waals surface area (Å²) in [5.41, 5.74) is 0.473. The zero-order valence-corrected chi connectivity index (χ0v) is 13.8.